The fourth-order valence-corrected chi connectivity index (χ4v) is 6.14. The molecule has 0 bridgehead atoms. The molecule has 0 N–H and O–H groups in total. The average Bonchev–Trinajstić information content (AvgIpc) is 2.87. The Morgan fingerprint density at radius 1 is 0.697 bits per heavy atom. The minimum atomic E-state index is -0.907. The molecule has 180 valence electrons. The van der Waals surface area contributed by atoms with E-state index in [1.165, 1.54) is 82.3 Å². The molecule has 0 aromatic heterocycles. The second-order valence-corrected chi connectivity index (χ2v) is 10.4. The van der Waals surface area contributed by atoms with Gasteiger partial charge in [-0.15, -0.1) is 0 Å². The standard InChI is InChI=1S/C30H40F2O/c1-3-21-5-7-22(8-6-21)9-10-23-11-13-24(14-12-23)25-15-17-26(18-16-25)27-19-20-28(33-4-2)30(32)29(27)31/h15-24H,3-14H2,1-2H3. The third-order valence-electron chi connectivity index (χ3n) is 8.41. The number of benzene rings is 2. The molecule has 0 aliphatic heterocycles. The van der Waals surface area contributed by atoms with Crippen LogP contribution in [0.2, 0.25) is 0 Å². The summed E-state index contributed by atoms with van der Waals surface area (Å²) >= 11 is 0. The van der Waals surface area contributed by atoms with Crippen molar-refractivity contribution >= 4 is 0 Å². The molecule has 0 saturated heterocycles. The van der Waals surface area contributed by atoms with Gasteiger partial charge in [-0.25, -0.2) is 4.39 Å². The van der Waals surface area contributed by atoms with Crippen LogP contribution in [-0.4, -0.2) is 6.61 Å². The Bertz CT molecular complexity index is 875. The molecule has 0 radical (unpaired) electrons. The van der Waals surface area contributed by atoms with Crippen molar-refractivity contribution in [2.24, 2.45) is 17.8 Å². The van der Waals surface area contributed by atoms with Gasteiger partial charge in [0.15, 0.2) is 11.6 Å². The molecule has 2 aromatic carbocycles. The molecule has 2 aliphatic rings. The molecule has 2 aliphatic carbocycles. The van der Waals surface area contributed by atoms with Crippen molar-refractivity contribution in [3.8, 4) is 16.9 Å². The van der Waals surface area contributed by atoms with E-state index in [1.54, 1.807) is 13.0 Å². The summed E-state index contributed by atoms with van der Waals surface area (Å²) in [6.45, 7) is 4.41. The molecule has 4 rings (SSSR count). The van der Waals surface area contributed by atoms with E-state index in [0.717, 1.165) is 17.8 Å². The Balaban J connectivity index is 1.28. The Labute approximate surface area is 198 Å². The van der Waals surface area contributed by atoms with E-state index in [1.807, 2.05) is 12.1 Å². The number of hydrogen-bond donors (Lipinski definition) is 0. The third kappa shape index (κ3) is 5.97. The molecule has 0 heterocycles. The van der Waals surface area contributed by atoms with Gasteiger partial charge in [0, 0.05) is 5.56 Å². The second kappa shape index (κ2) is 11.5. The van der Waals surface area contributed by atoms with E-state index < -0.39 is 11.6 Å². The zero-order valence-electron chi connectivity index (χ0n) is 20.4. The summed E-state index contributed by atoms with van der Waals surface area (Å²) in [6.07, 6.45) is 15.2. The van der Waals surface area contributed by atoms with Gasteiger partial charge in [-0.05, 0) is 79.5 Å². The van der Waals surface area contributed by atoms with Gasteiger partial charge >= 0.3 is 0 Å². The maximum atomic E-state index is 14.6. The molecule has 0 atom stereocenters. The predicted octanol–water partition coefficient (Wildman–Crippen LogP) is 9.30. The zero-order valence-corrected chi connectivity index (χ0v) is 20.4. The summed E-state index contributed by atoms with van der Waals surface area (Å²) in [4.78, 5) is 0. The molecule has 2 fully saturated rings. The smallest absolute Gasteiger partial charge is 0.201 e. The highest BCUT2D eigenvalue weighted by molar-refractivity contribution is 5.65. The molecule has 0 amide bonds. The van der Waals surface area contributed by atoms with E-state index in [4.69, 9.17) is 4.74 Å². The van der Waals surface area contributed by atoms with Crippen LogP contribution < -0.4 is 4.74 Å². The minimum Gasteiger partial charge on any atom is -0.491 e. The van der Waals surface area contributed by atoms with Crippen LogP contribution in [0.25, 0.3) is 11.1 Å². The van der Waals surface area contributed by atoms with Gasteiger partial charge in [0.05, 0.1) is 6.61 Å². The normalized spacial score (nSPS) is 25.7. The second-order valence-electron chi connectivity index (χ2n) is 10.4. The summed E-state index contributed by atoms with van der Waals surface area (Å²) in [5, 5.41) is 0. The van der Waals surface area contributed by atoms with Crippen LogP contribution in [0.3, 0.4) is 0 Å². The Hall–Kier alpha value is -1.90. The van der Waals surface area contributed by atoms with Crippen molar-refractivity contribution in [3.63, 3.8) is 0 Å². The molecule has 33 heavy (non-hydrogen) atoms. The van der Waals surface area contributed by atoms with E-state index in [-0.39, 0.29) is 5.75 Å². The van der Waals surface area contributed by atoms with Crippen LogP contribution in [0.5, 0.6) is 5.75 Å². The van der Waals surface area contributed by atoms with Gasteiger partial charge in [-0.2, -0.15) is 4.39 Å². The number of ether oxygens (including phenoxy) is 1. The summed E-state index contributed by atoms with van der Waals surface area (Å²) in [6, 6.07) is 11.2. The Morgan fingerprint density at radius 2 is 1.27 bits per heavy atom. The van der Waals surface area contributed by atoms with Crippen LogP contribution in [0.4, 0.5) is 8.78 Å². The first-order chi connectivity index (χ1) is 16.1. The van der Waals surface area contributed by atoms with Crippen LogP contribution in [-0.2, 0) is 0 Å². The van der Waals surface area contributed by atoms with E-state index >= 15 is 0 Å². The third-order valence-corrected chi connectivity index (χ3v) is 8.41. The fraction of sp³-hybridized carbons (Fsp3) is 0.600. The first-order valence-electron chi connectivity index (χ1n) is 13.3. The number of halogens is 2. The average molecular weight is 455 g/mol. The highest BCUT2D eigenvalue weighted by atomic mass is 19.2. The molecule has 0 spiro atoms. The summed E-state index contributed by atoms with van der Waals surface area (Å²) in [5.74, 6) is 1.69. The maximum absolute atomic E-state index is 14.6. The van der Waals surface area contributed by atoms with Gasteiger partial charge < -0.3 is 4.74 Å². The lowest BCUT2D eigenvalue weighted by Gasteiger charge is -2.32. The van der Waals surface area contributed by atoms with Crippen molar-refractivity contribution in [1.82, 2.24) is 0 Å². The summed E-state index contributed by atoms with van der Waals surface area (Å²) in [5.41, 5.74) is 2.34. The van der Waals surface area contributed by atoms with Gasteiger partial charge in [0.1, 0.15) is 0 Å². The number of hydrogen-bond acceptors (Lipinski definition) is 1. The Morgan fingerprint density at radius 3 is 1.85 bits per heavy atom. The van der Waals surface area contributed by atoms with Crippen molar-refractivity contribution in [2.45, 2.75) is 90.4 Å². The molecule has 0 unspecified atom stereocenters. The van der Waals surface area contributed by atoms with Gasteiger partial charge in [-0.3, -0.25) is 0 Å². The fourth-order valence-electron chi connectivity index (χ4n) is 6.14. The molecule has 3 heteroatoms. The lowest BCUT2D eigenvalue weighted by molar-refractivity contribution is 0.227. The largest absolute Gasteiger partial charge is 0.491 e. The summed E-state index contributed by atoms with van der Waals surface area (Å²) < 4.78 is 34.0. The Kier molecular flexibility index (Phi) is 8.44. The van der Waals surface area contributed by atoms with Crippen molar-refractivity contribution < 1.29 is 13.5 Å². The molecule has 2 aromatic rings. The lowest BCUT2D eigenvalue weighted by atomic mass is 9.74. The van der Waals surface area contributed by atoms with E-state index in [9.17, 15) is 8.78 Å². The number of rotatable bonds is 8. The van der Waals surface area contributed by atoms with Gasteiger partial charge in [0.2, 0.25) is 5.82 Å². The molecular formula is C30H40F2O. The molecule has 1 nitrogen and oxygen atoms in total. The first-order valence-corrected chi connectivity index (χ1v) is 13.3. The summed E-state index contributed by atoms with van der Waals surface area (Å²) in [7, 11) is 0. The zero-order chi connectivity index (χ0) is 23.2. The molecular weight excluding hydrogens is 414 g/mol. The SMILES string of the molecule is CCOc1ccc(-c2ccc(C3CCC(CCC4CCC(CC)CC4)CC3)cc2)c(F)c1F. The lowest BCUT2D eigenvalue weighted by Crippen LogP contribution is -2.17. The van der Waals surface area contributed by atoms with Crippen molar-refractivity contribution in [1.29, 1.82) is 0 Å². The van der Waals surface area contributed by atoms with Crippen molar-refractivity contribution in [3.05, 3.63) is 53.6 Å². The quantitative estimate of drug-likeness (QED) is 0.386. The van der Waals surface area contributed by atoms with Crippen molar-refractivity contribution in [2.75, 3.05) is 6.61 Å². The maximum Gasteiger partial charge on any atom is 0.201 e. The van der Waals surface area contributed by atoms with Crippen LogP contribution in [0.15, 0.2) is 36.4 Å². The minimum absolute atomic E-state index is 0.0271. The molecule has 2 saturated carbocycles. The highest BCUT2D eigenvalue weighted by Crippen LogP contribution is 2.40. The predicted molar refractivity (Wildman–Crippen MR) is 133 cm³/mol. The van der Waals surface area contributed by atoms with Gasteiger partial charge in [0.25, 0.3) is 0 Å². The van der Waals surface area contributed by atoms with Crippen LogP contribution in [0, 0.1) is 29.4 Å². The van der Waals surface area contributed by atoms with E-state index in [2.05, 4.69) is 19.1 Å². The van der Waals surface area contributed by atoms with E-state index in [0.29, 0.717) is 23.7 Å². The highest BCUT2D eigenvalue weighted by Gasteiger charge is 2.25. The topological polar surface area (TPSA) is 9.23 Å². The van der Waals surface area contributed by atoms with Gasteiger partial charge in [-0.1, -0.05) is 76.1 Å². The first kappa shape index (κ1) is 24.2. The van der Waals surface area contributed by atoms with Crippen LogP contribution in [0.1, 0.15) is 96.0 Å². The van der Waals surface area contributed by atoms with Crippen LogP contribution >= 0.6 is 0 Å². The monoisotopic (exact) mass is 454 g/mol.